The van der Waals surface area contributed by atoms with Crippen LogP contribution in [0.25, 0.3) is 0 Å². The summed E-state index contributed by atoms with van der Waals surface area (Å²) < 4.78 is 1.47. The molecule has 206 valence electrons. The number of unbranched alkanes of at least 4 members (excludes halogenated alkanes) is 21. The minimum absolute atomic E-state index is 1.37. The highest BCUT2D eigenvalue weighted by atomic mass is 15.3. The van der Waals surface area contributed by atoms with Gasteiger partial charge in [0.15, 0.2) is 0 Å². The van der Waals surface area contributed by atoms with Gasteiger partial charge < -0.3 is 4.48 Å². The molecule has 0 aromatic heterocycles. The predicted octanol–water partition coefficient (Wildman–Crippen LogP) is 11.6. The summed E-state index contributed by atoms with van der Waals surface area (Å²) in [6.45, 7) is 15.3. The van der Waals surface area contributed by atoms with E-state index in [1.54, 1.807) is 0 Å². The van der Waals surface area contributed by atoms with Gasteiger partial charge in [0.25, 0.3) is 0 Å². The molecule has 0 fully saturated rings. The molecule has 0 heterocycles. The summed E-state index contributed by atoms with van der Waals surface area (Å²) in [4.78, 5) is 0. The second kappa shape index (κ2) is 27.5. The third-order valence-corrected chi connectivity index (χ3v) is 8.19. The zero-order valence-electron chi connectivity index (χ0n) is 25.0. The van der Waals surface area contributed by atoms with E-state index in [1.807, 2.05) is 0 Å². The van der Waals surface area contributed by atoms with Crippen LogP contribution in [-0.4, -0.2) is 30.7 Å². The van der Waals surface area contributed by atoms with Gasteiger partial charge in [0.05, 0.1) is 26.2 Å². The molecule has 0 aliphatic rings. The number of hydrogen-bond donors (Lipinski definition) is 0. The Balaban J connectivity index is 4.59. The first kappa shape index (κ1) is 34.0. The summed E-state index contributed by atoms with van der Waals surface area (Å²) in [7, 11) is 0. The molecule has 0 aromatic rings. The van der Waals surface area contributed by atoms with Gasteiger partial charge in [0, 0.05) is 0 Å². The van der Waals surface area contributed by atoms with Gasteiger partial charge in [-0.1, -0.05) is 137 Å². The minimum atomic E-state index is 1.37. The van der Waals surface area contributed by atoms with Crippen LogP contribution in [0.2, 0.25) is 0 Å². The molecule has 0 aliphatic carbocycles. The second-order valence-corrected chi connectivity index (χ2v) is 11.7. The van der Waals surface area contributed by atoms with E-state index < -0.39 is 0 Å². The lowest BCUT2D eigenvalue weighted by Gasteiger charge is -2.40. The van der Waals surface area contributed by atoms with Crippen molar-refractivity contribution in [2.45, 2.75) is 188 Å². The maximum absolute atomic E-state index is 2.35. The quantitative estimate of drug-likeness (QED) is 0.0737. The molecule has 0 N–H and O–H groups in total. The molecule has 0 unspecified atom stereocenters. The first-order valence-electron chi connectivity index (χ1n) is 16.6. The van der Waals surface area contributed by atoms with Crippen molar-refractivity contribution in [1.29, 1.82) is 0 Å². The van der Waals surface area contributed by atoms with Crippen molar-refractivity contribution < 1.29 is 4.48 Å². The van der Waals surface area contributed by atoms with Crippen LogP contribution in [0.15, 0.2) is 0 Å². The summed E-state index contributed by atoms with van der Waals surface area (Å²) in [6, 6.07) is 0. The highest BCUT2D eigenvalue weighted by Gasteiger charge is 2.25. The zero-order valence-corrected chi connectivity index (χ0v) is 25.0. The Morgan fingerprint density at radius 2 is 0.412 bits per heavy atom. The smallest absolute Gasteiger partial charge is 0.0786 e. The fourth-order valence-corrected chi connectivity index (χ4v) is 5.76. The van der Waals surface area contributed by atoms with E-state index in [9.17, 15) is 0 Å². The largest absolute Gasteiger partial charge is 0.324 e. The van der Waals surface area contributed by atoms with E-state index in [0.717, 1.165) is 0 Å². The van der Waals surface area contributed by atoms with E-state index in [4.69, 9.17) is 0 Å². The third-order valence-electron chi connectivity index (χ3n) is 8.19. The number of nitrogens with zero attached hydrogens (tertiary/aromatic N) is 1. The Hall–Kier alpha value is -0.0400. The number of hydrogen-bond acceptors (Lipinski definition) is 0. The Morgan fingerprint density at radius 3 is 0.618 bits per heavy atom. The van der Waals surface area contributed by atoms with Gasteiger partial charge in [-0.2, -0.15) is 0 Å². The summed E-state index contributed by atoms with van der Waals surface area (Å²) in [5.41, 5.74) is 0. The van der Waals surface area contributed by atoms with Gasteiger partial charge in [-0.3, -0.25) is 0 Å². The Kier molecular flexibility index (Phi) is 27.5. The van der Waals surface area contributed by atoms with E-state index in [1.165, 1.54) is 191 Å². The van der Waals surface area contributed by atoms with Crippen LogP contribution in [0.1, 0.15) is 188 Å². The summed E-state index contributed by atoms with van der Waals surface area (Å²) in [6.07, 6.45) is 36.3. The van der Waals surface area contributed by atoms with Crippen molar-refractivity contribution in [2.24, 2.45) is 0 Å². The maximum atomic E-state index is 2.35. The summed E-state index contributed by atoms with van der Waals surface area (Å²) in [5.74, 6) is 0. The highest BCUT2D eigenvalue weighted by Crippen LogP contribution is 2.20. The van der Waals surface area contributed by atoms with Gasteiger partial charge in [-0.05, 0) is 51.4 Å². The molecule has 0 spiro atoms. The van der Waals surface area contributed by atoms with Crippen molar-refractivity contribution in [3.8, 4) is 0 Å². The van der Waals surface area contributed by atoms with Gasteiger partial charge in [-0.15, -0.1) is 0 Å². The number of quaternary nitrogens is 1. The molecule has 0 bridgehead atoms. The minimum Gasteiger partial charge on any atom is -0.324 e. The fraction of sp³-hybridized carbons (Fsp3) is 1.00. The van der Waals surface area contributed by atoms with E-state index in [-0.39, 0.29) is 0 Å². The van der Waals surface area contributed by atoms with Crippen LogP contribution < -0.4 is 0 Å². The zero-order chi connectivity index (χ0) is 25.0. The van der Waals surface area contributed by atoms with Crippen molar-refractivity contribution >= 4 is 0 Å². The SMILES string of the molecule is CCCCCCCCCCCC[N+](CCCCCCC)(CCCCCCC)CCCCCCC. The average molecular weight is 481 g/mol. The maximum Gasteiger partial charge on any atom is 0.0786 e. The van der Waals surface area contributed by atoms with Crippen molar-refractivity contribution in [3.05, 3.63) is 0 Å². The van der Waals surface area contributed by atoms with Gasteiger partial charge >= 0.3 is 0 Å². The Labute approximate surface area is 218 Å². The van der Waals surface area contributed by atoms with Crippen LogP contribution in [0, 0.1) is 0 Å². The molecule has 34 heavy (non-hydrogen) atoms. The highest BCUT2D eigenvalue weighted by molar-refractivity contribution is 4.55. The van der Waals surface area contributed by atoms with Crippen LogP contribution in [0.5, 0.6) is 0 Å². The normalized spacial score (nSPS) is 12.0. The van der Waals surface area contributed by atoms with Gasteiger partial charge in [0.2, 0.25) is 0 Å². The lowest BCUT2D eigenvalue weighted by Crippen LogP contribution is -2.50. The Bertz CT molecular complexity index is 328. The third kappa shape index (κ3) is 22.4. The molecule has 1 heteroatoms. The predicted molar refractivity (Wildman–Crippen MR) is 158 cm³/mol. The van der Waals surface area contributed by atoms with Gasteiger partial charge in [-0.25, -0.2) is 0 Å². The van der Waals surface area contributed by atoms with Crippen LogP contribution in [0.4, 0.5) is 0 Å². The monoisotopic (exact) mass is 481 g/mol. The first-order valence-corrected chi connectivity index (χ1v) is 16.6. The Morgan fingerprint density at radius 1 is 0.235 bits per heavy atom. The molecule has 0 radical (unpaired) electrons. The van der Waals surface area contributed by atoms with E-state index in [2.05, 4.69) is 27.7 Å². The number of rotatable bonds is 29. The molecule has 0 atom stereocenters. The molecule has 1 nitrogen and oxygen atoms in total. The van der Waals surface area contributed by atoms with Gasteiger partial charge in [0.1, 0.15) is 0 Å². The molecule has 0 aromatic carbocycles. The van der Waals surface area contributed by atoms with E-state index in [0.29, 0.717) is 0 Å². The topological polar surface area (TPSA) is 0 Å². The molecular weight excluding hydrogens is 410 g/mol. The average Bonchev–Trinajstić information content (AvgIpc) is 2.84. The van der Waals surface area contributed by atoms with E-state index >= 15 is 0 Å². The molecule has 0 rings (SSSR count). The van der Waals surface area contributed by atoms with Crippen LogP contribution in [-0.2, 0) is 0 Å². The molecule has 0 amide bonds. The van der Waals surface area contributed by atoms with Crippen molar-refractivity contribution in [3.63, 3.8) is 0 Å². The first-order chi connectivity index (χ1) is 16.7. The standard InChI is InChI=1S/C33H70N/c1-5-9-13-17-18-19-20-21-25-29-33-34(30-26-22-14-10-6-2,31-27-23-15-11-7-3)32-28-24-16-12-8-4/h5-33H2,1-4H3/q+1. The summed E-state index contributed by atoms with van der Waals surface area (Å²) in [5, 5.41) is 0. The van der Waals surface area contributed by atoms with Crippen LogP contribution in [0.3, 0.4) is 0 Å². The lowest BCUT2D eigenvalue weighted by atomic mass is 10.0. The molecular formula is C33H70N+. The summed E-state index contributed by atoms with van der Waals surface area (Å²) >= 11 is 0. The molecule has 0 aliphatic heterocycles. The molecule has 0 saturated carbocycles. The van der Waals surface area contributed by atoms with Crippen molar-refractivity contribution in [1.82, 2.24) is 0 Å². The van der Waals surface area contributed by atoms with Crippen molar-refractivity contribution in [2.75, 3.05) is 26.2 Å². The fourth-order valence-electron chi connectivity index (χ4n) is 5.76. The molecule has 0 saturated heterocycles. The lowest BCUT2D eigenvalue weighted by molar-refractivity contribution is -0.929. The van der Waals surface area contributed by atoms with Crippen LogP contribution >= 0.6 is 0 Å². The second-order valence-electron chi connectivity index (χ2n) is 11.7.